The van der Waals surface area contributed by atoms with Crippen molar-refractivity contribution in [1.29, 1.82) is 0 Å². The molecule has 0 radical (unpaired) electrons. The summed E-state index contributed by atoms with van der Waals surface area (Å²) in [5.74, 6) is 1.56. The van der Waals surface area contributed by atoms with Gasteiger partial charge in [0.1, 0.15) is 0 Å². The molecule has 1 heterocycles. The monoisotopic (exact) mass is 242 g/mol. The van der Waals surface area contributed by atoms with Crippen LogP contribution in [0, 0.1) is 5.92 Å². The molecule has 0 aliphatic heterocycles. The summed E-state index contributed by atoms with van der Waals surface area (Å²) in [6.45, 7) is 3.18. The van der Waals surface area contributed by atoms with Crippen LogP contribution in [-0.2, 0) is 0 Å². The lowest BCUT2D eigenvalue weighted by atomic mass is 10.2. The number of H-pyrrole nitrogens is 1. The first-order valence-electron chi connectivity index (χ1n) is 5.66. The van der Waals surface area contributed by atoms with Gasteiger partial charge in [0.25, 0.3) is 0 Å². The molecule has 5 nitrogen and oxygen atoms in total. The van der Waals surface area contributed by atoms with E-state index in [1.165, 1.54) is 0 Å². The van der Waals surface area contributed by atoms with Crippen molar-refractivity contribution in [2.24, 2.45) is 5.92 Å². The maximum absolute atomic E-state index is 11.5. The largest absolute Gasteiger partial charge is 0.344 e. The molecule has 16 heavy (non-hydrogen) atoms. The van der Waals surface area contributed by atoms with Crippen molar-refractivity contribution in [2.75, 3.05) is 19.3 Å². The van der Waals surface area contributed by atoms with Gasteiger partial charge in [-0.05, 0) is 32.4 Å². The molecule has 2 N–H and O–H groups in total. The molecule has 0 aromatic carbocycles. The van der Waals surface area contributed by atoms with Crippen LogP contribution in [0.5, 0.6) is 0 Å². The average Bonchev–Trinajstić information content (AvgIpc) is 3.01. The fourth-order valence-electron chi connectivity index (χ4n) is 1.67. The summed E-state index contributed by atoms with van der Waals surface area (Å²) >= 11 is 1.66. The molecule has 1 unspecified atom stereocenters. The maximum Gasteiger partial charge on any atom is 0.344 e. The Balaban J connectivity index is 1.96. The van der Waals surface area contributed by atoms with E-state index in [4.69, 9.17) is 0 Å². The van der Waals surface area contributed by atoms with Gasteiger partial charge < -0.3 is 5.32 Å². The highest BCUT2D eigenvalue weighted by Crippen LogP contribution is 2.36. The van der Waals surface area contributed by atoms with Gasteiger partial charge in [0, 0.05) is 11.8 Å². The summed E-state index contributed by atoms with van der Waals surface area (Å²) in [6, 6.07) is 0.397. The molecule has 1 saturated carbocycles. The van der Waals surface area contributed by atoms with E-state index in [1.807, 2.05) is 7.05 Å². The van der Waals surface area contributed by atoms with E-state index in [1.54, 1.807) is 16.3 Å². The number of nitrogens with zero attached hydrogens (tertiary/aromatic N) is 2. The second kappa shape index (κ2) is 5.05. The lowest BCUT2D eigenvalue weighted by Gasteiger charge is -2.09. The first kappa shape index (κ1) is 11.7. The SMILES string of the molecule is CNCC(C)CSc1n[nH]c(=O)n1C1CC1. The maximum atomic E-state index is 11.5. The highest BCUT2D eigenvalue weighted by Gasteiger charge is 2.28. The van der Waals surface area contributed by atoms with Crippen molar-refractivity contribution >= 4 is 11.8 Å². The lowest BCUT2D eigenvalue weighted by Crippen LogP contribution is -2.19. The van der Waals surface area contributed by atoms with Gasteiger partial charge in [-0.2, -0.15) is 0 Å². The molecule has 1 atom stereocenters. The summed E-state index contributed by atoms with van der Waals surface area (Å²) in [5, 5.41) is 10.6. The Morgan fingerprint density at radius 3 is 3.06 bits per heavy atom. The van der Waals surface area contributed by atoms with Crippen LogP contribution in [0.25, 0.3) is 0 Å². The van der Waals surface area contributed by atoms with Gasteiger partial charge in [-0.3, -0.25) is 4.57 Å². The van der Waals surface area contributed by atoms with Gasteiger partial charge >= 0.3 is 5.69 Å². The third-order valence-corrected chi connectivity index (χ3v) is 3.92. The third kappa shape index (κ3) is 2.68. The summed E-state index contributed by atoms with van der Waals surface area (Å²) in [7, 11) is 1.95. The predicted octanol–water partition coefficient (Wildman–Crippen LogP) is 0.854. The van der Waals surface area contributed by atoms with Crippen molar-refractivity contribution in [3.05, 3.63) is 10.5 Å². The highest BCUT2D eigenvalue weighted by molar-refractivity contribution is 7.99. The predicted molar refractivity (Wildman–Crippen MR) is 64.9 cm³/mol. The van der Waals surface area contributed by atoms with Crippen LogP contribution in [0.15, 0.2) is 9.95 Å². The number of hydrogen-bond acceptors (Lipinski definition) is 4. The normalized spacial score (nSPS) is 17.6. The molecule has 6 heteroatoms. The van der Waals surface area contributed by atoms with E-state index in [-0.39, 0.29) is 5.69 Å². The Morgan fingerprint density at radius 2 is 2.44 bits per heavy atom. The van der Waals surface area contributed by atoms with Crippen LogP contribution >= 0.6 is 11.8 Å². The zero-order valence-electron chi connectivity index (χ0n) is 9.69. The second-order valence-corrected chi connectivity index (χ2v) is 5.37. The quantitative estimate of drug-likeness (QED) is 0.726. The Kier molecular flexibility index (Phi) is 3.70. The standard InChI is InChI=1S/C10H18N4OS/c1-7(5-11-2)6-16-10-13-12-9(15)14(10)8-3-4-8/h7-8,11H,3-6H2,1-2H3,(H,12,15). The fourth-order valence-corrected chi connectivity index (χ4v) is 2.70. The molecular formula is C10H18N4OS. The van der Waals surface area contributed by atoms with Crippen LogP contribution in [0.1, 0.15) is 25.8 Å². The molecule has 1 aliphatic rings. The first-order valence-corrected chi connectivity index (χ1v) is 6.65. The van der Waals surface area contributed by atoms with Gasteiger partial charge in [-0.15, -0.1) is 5.10 Å². The van der Waals surface area contributed by atoms with Crippen LogP contribution in [0.3, 0.4) is 0 Å². The van der Waals surface area contributed by atoms with E-state index in [0.717, 1.165) is 30.3 Å². The molecular weight excluding hydrogens is 224 g/mol. The molecule has 90 valence electrons. The van der Waals surface area contributed by atoms with Gasteiger partial charge in [-0.25, -0.2) is 9.89 Å². The van der Waals surface area contributed by atoms with E-state index in [9.17, 15) is 4.79 Å². The molecule has 0 amide bonds. The molecule has 2 rings (SSSR count). The van der Waals surface area contributed by atoms with E-state index in [0.29, 0.717) is 12.0 Å². The van der Waals surface area contributed by atoms with E-state index < -0.39 is 0 Å². The molecule has 1 aromatic rings. The number of nitrogens with one attached hydrogen (secondary N) is 2. The minimum Gasteiger partial charge on any atom is -0.319 e. The van der Waals surface area contributed by atoms with Crippen molar-refractivity contribution in [2.45, 2.75) is 31.0 Å². The molecule has 1 aromatic heterocycles. The zero-order valence-corrected chi connectivity index (χ0v) is 10.5. The van der Waals surface area contributed by atoms with Gasteiger partial charge in [-0.1, -0.05) is 18.7 Å². The van der Waals surface area contributed by atoms with Crippen molar-refractivity contribution in [1.82, 2.24) is 20.1 Å². The van der Waals surface area contributed by atoms with Gasteiger partial charge in [0.15, 0.2) is 5.16 Å². The molecule has 0 bridgehead atoms. The number of hydrogen-bond donors (Lipinski definition) is 2. The van der Waals surface area contributed by atoms with E-state index >= 15 is 0 Å². The molecule has 1 aliphatic carbocycles. The van der Waals surface area contributed by atoms with Gasteiger partial charge in [0.2, 0.25) is 0 Å². The van der Waals surface area contributed by atoms with Crippen LogP contribution < -0.4 is 11.0 Å². The zero-order chi connectivity index (χ0) is 11.5. The Hall–Kier alpha value is -0.750. The Labute approximate surface area is 99.0 Å². The van der Waals surface area contributed by atoms with Crippen LogP contribution in [0.2, 0.25) is 0 Å². The first-order chi connectivity index (χ1) is 7.72. The van der Waals surface area contributed by atoms with Crippen molar-refractivity contribution in [3.8, 4) is 0 Å². The van der Waals surface area contributed by atoms with Crippen LogP contribution in [0.4, 0.5) is 0 Å². The summed E-state index contributed by atoms with van der Waals surface area (Å²) in [6.07, 6.45) is 2.22. The molecule has 1 fully saturated rings. The summed E-state index contributed by atoms with van der Waals surface area (Å²) in [4.78, 5) is 11.5. The fraction of sp³-hybridized carbons (Fsp3) is 0.800. The highest BCUT2D eigenvalue weighted by atomic mass is 32.2. The number of thioether (sulfide) groups is 1. The second-order valence-electron chi connectivity index (χ2n) is 4.39. The minimum absolute atomic E-state index is 0.0636. The lowest BCUT2D eigenvalue weighted by molar-refractivity contribution is 0.599. The topological polar surface area (TPSA) is 62.7 Å². The van der Waals surface area contributed by atoms with Gasteiger partial charge in [0.05, 0.1) is 0 Å². The molecule has 0 saturated heterocycles. The number of aromatic nitrogens is 3. The summed E-state index contributed by atoms with van der Waals surface area (Å²) in [5.41, 5.74) is -0.0636. The number of rotatable bonds is 6. The van der Waals surface area contributed by atoms with E-state index in [2.05, 4.69) is 22.4 Å². The average molecular weight is 242 g/mol. The number of aromatic amines is 1. The molecule has 0 spiro atoms. The third-order valence-electron chi connectivity index (χ3n) is 2.63. The van der Waals surface area contributed by atoms with Crippen molar-refractivity contribution in [3.63, 3.8) is 0 Å². The minimum atomic E-state index is -0.0636. The van der Waals surface area contributed by atoms with Crippen molar-refractivity contribution < 1.29 is 0 Å². The summed E-state index contributed by atoms with van der Waals surface area (Å²) < 4.78 is 1.80. The smallest absolute Gasteiger partial charge is 0.319 e. The van der Waals surface area contributed by atoms with Crippen LogP contribution in [-0.4, -0.2) is 34.1 Å². The Morgan fingerprint density at radius 1 is 1.69 bits per heavy atom. The Bertz CT molecular complexity index is 396.